The third-order valence-corrected chi connectivity index (χ3v) is 2.53. The van der Waals surface area contributed by atoms with E-state index in [1.165, 1.54) is 0 Å². The molecule has 3 N–H and O–H groups in total. The second-order valence-electron chi connectivity index (χ2n) is 3.56. The lowest BCUT2D eigenvalue weighted by Gasteiger charge is -2.02. The van der Waals surface area contributed by atoms with Crippen molar-refractivity contribution in [3.8, 4) is 0 Å². The van der Waals surface area contributed by atoms with E-state index in [1.807, 2.05) is 18.2 Å². The Bertz CT molecular complexity index is 563. The highest BCUT2D eigenvalue weighted by Gasteiger charge is 2.11. The van der Waals surface area contributed by atoms with E-state index >= 15 is 0 Å². The zero-order chi connectivity index (χ0) is 12.3. The highest BCUT2D eigenvalue weighted by molar-refractivity contribution is 7.80. The van der Waals surface area contributed by atoms with Crippen LogP contribution in [0.2, 0.25) is 0 Å². The second-order valence-corrected chi connectivity index (χ2v) is 4.09. The van der Waals surface area contributed by atoms with E-state index in [1.54, 1.807) is 16.9 Å². The second kappa shape index (κ2) is 4.92. The van der Waals surface area contributed by atoms with Gasteiger partial charge in [-0.3, -0.25) is 4.79 Å². The van der Waals surface area contributed by atoms with Crippen molar-refractivity contribution in [3.05, 3.63) is 36.2 Å². The molecule has 1 amide bonds. The number of nitrogens with zero attached hydrogens (tertiary/aromatic N) is 2. The van der Waals surface area contributed by atoms with E-state index in [0.717, 1.165) is 5.52 Å². The van der Waals surface area contributed by atoms with Gasteiger partial charge in [0.15, 0.2) is 0 Å². The molecule has 2 aromatic rings. The molecule has 0 aliphatic heterocycles. The summed E-state index contributed by atoms with van der Waals surface area (Å²) in [7, 11) is 0. The van der Waals surface area contributed by atoms with E-state index in [4.69, 9.17) is 18.0 Å². The fourth-order valence-electron chi connectivity index (χ4n) is 1.50. The number of carbonyl (C=O) groups is 1. The van der Waals surface area contributed by atoms with Gasteiger partial charge >= 0.3 is 0 Å². The maximum absolute atomic E-state index is 11.9. The smallest absolute Gasteiger partial charge is 0.255 e. The Labute approximate surface area is 104 Å². The van der Waals surface area contributed by atoms with E-state index < -0.39 is 0 Å². The molecule has 2 aromatic heterocycles. The van der Waals surface area contributed by atoms with Gasteiger partial charge in [0.2, 0.25) is 0 Å². The maximum atomic E-state index is 11.9. The maximum Gasteiger partial charge on any atom is 0.255 e. The van der Waals surface area contributed by atoms with Crippen molar-refractivity contribution in [3.63, 3.8) is 0 Å². The van der Waals surface area contributed by atoms with Crippen molar-refractivity contribution in [2.75, 3.05) is 6.54 Å². The molecule has 0 atom stereocenters. The van der Waals surface area contributed by atoms with Crippen LogP contribution in [-0.4, -0.2) is 27.1 Å². The van der Waals surface area contributed by atoms with E-state index in [-0.39, 0.29) is 5.91 Å². The number of amides is 1. The molecule has 0 unspecified atom stereocenters. The van der Waals surface area contributed by atoms with Crippen LogP contribution in [0.3, 0.4) is 0 Å². The molecule has 0 aliphatic rings. The van der Waals surface area contributed by atoms with Crippen molar-refractivity contribution in [2.45, 2.75) is 6.42 Å². The van der Waals surface area contributed by atoms with E-state index in [9.17, 15) is 4.79 Å². The minimum atomic E-state index is -0.164. The standard InChI is InChI=1S/C11H12N4OS/c12-10(17)4-5-13-11(16)8-7-14-15-6-2-1-3-9(8)15/h1-3,6-7H,4-5H2,(H2,12,17)(H,13,16). The molecule has 17 heavy (non-hydrogen) atoms. The lowest BCUT2D eigenvalue weighted by molar-refractivity contribution is 0.0956. The molecule has 88 valence electrons. The highest BCUT2D eigenvalue weighted by atomic mass is 32.1. The summed E-state index contributed by atoms with van der Waals surface area (Å²) >= 11 is 4.73. The average molecular weight is 248 g/mol. The number of nitrogens with two attached hydrogens (primary N) is 1. The molecule has 0 spiro atoms. The van der Waals surface area contributed by atoms with Crippen LogP contribution < -0.4 is 11.1 Å². The summed E-state index contributed by atoms with van der Waals surface area (Å²) in [6.45, 7) is 0.443. The number of nitrogens with one attached hydrogen (secondary N) is 1. The van der Waals surface area contributed by atoms with Crippen molar-refractivity contribution in [1.82, 2.24) is 14.9 Å². The largest absolute Gasteiger partial charge is 0.393 e. The van der Waals surface area contributed by atoms with Crippen molar-refractivity contribution >= 4 is 28.6 Å². The summed E-state index contributed by atoms with van der Waals surface area (Å²) in [5, 5.41) is 6.84. The monoisotopic (exact) mass is 248 g/mol. The predicted octanol–water partition coefficient (Wildman–Crippen LogP) is 0.740. The Morgan fingerprint density at radius 2 is 2.35 bits per heavy atom. The molecule has 0 radical (unpaired) electrons. The first-order valence-corrected chi connectivity index (χ1v) is 5.58. The van der Waals surface area contributed by atoms with Crippen LogP contribution in [0.15, 0.2) is 30.6 Å². The van der Waals surface area contributed by atoms with E-state index in [2.05, 4.69) is 10.4 Å². The number of pyridine rings is 1. The van der Waals surface area contributed by atoms with Gasteiger partial charge in [-0.15, -0.1) is 0 Å². The lowest BCUT2D eigenvalue weighted by atomic mass is 10.2. The SMILES string of the molecule is NC(=S)CCNC(=O)c1cnn2ccccc12. The lowest BCUT2D eigenvalue weighted by Crippen LogP contribution is -2.27. The number of aromatic nitrogens is 2. The molecular weight excluding hydrogens is 236 g/mol. The summed E-state index contributed by atoms with van der Waals surface area (Å²) in [4.78, 5) is 12.2. The van der Waals surface area contributed by atoms with Gasteiger partial charge in [0.1, 0.15) is 0 Å². The normalized spacial score (nSPS) is 10.4. The average Bonchev–Trinajstić information content (AvgIpc) is 2.72. The fraction of sp³-hybridized carbons (Fsp3) is 0.182. The zero-order valence-corrected chi connectivity index (χ0v) is 9.91. The van der Waals surface area contributed by atoms with Crippen molar-refractivity contribution in [1.29, 1.82) is 0 Å². The summed E-state index contributed by atoms with van der Waals surface area (Å²) in [5.41, 5.74) is 6.68. The molecule has 0 saturated heterocycles. The van der Waals surface area contributed by atoms with Crippen LogP contribution in [0, 0.1) is 0 Å². The van der Waals surface area contributed by atoms with E-state index in [0.29, 0.717) is 23.5 Å². The fourth-order valence-corrected chi connectivity index (χ4v) is 1.61. The van der Waals surface area contributed by atoms with Crippen LogP contribution in [0.4, 0.5) is 0 Å². The molecule has 2 heterocycles. The summed E-state index contributed by atoms with van der Waals surface area (Å²) in [6.07, 6.45) is 3.84. The minimum absolute atomic E-state index is 0.164. The van der Waals surface area contributed by atoms with Gasteiger partial charge in [-0.25, -0.2) is 4.52 Å². The summed E-state index contributed by atoms with van der Waals surface area (Å²) < 4.78 is 1.66. The molecule has 0 bridgehead atoms. The van der Waals surface area contributed by atoms with Gasteiger partial charge < -0.3 is 11.1 Å². The molecule has 0 aromatic carbocycles. The van der Waals surface area contributed by atoms with Crippen LogP contribution >= 0.6 is 12.2 Å². The highest BCUT2D eigenvalue weighted by Crippen LogP contribution is 2.09. The number of hydrogen-bond donors (Lipinski definition) is 2. The quantitative estimate of drug-likeness (QED) is 0.783. The molecule has 0 fully saturated rings. The molecule has 0 aliphatic carbocycles. The zero-order valence-electron chi connectivity index (χ0n) is 9.09. The number of thiocarbonyl (C=S) groups is 1. The Hall–Kier alpha value is -1.95. The third-order valence-electron chi connectivity index (χ3n) is 2.33. The first-order chi connectivity index (χ1) is 8.18. The summed E-state index contributed by atoms with van der Waals surface area (Å²) in [6, 6.07) is 5.56. The molecule has 2 rings (SSSR count). The van der Waals surface area contributed by atoms with Gasteiger partial charge in [-0.2, -0.15) is 5.10 Å². The first kappa shape index (κ1) is 11.5. The Morgan fingerprint density at radius 3 is 3.12 bits per heavy atom. The van der Waals surface area contributed by atoms with Crippen LogP contribution in [0.1, 0.15) is 16.8 Å². The topological polar surface area (TPSA) is 72.4 Å². The number of rotatable bonds is 4. The third kappa shape index (κ3) is 2.59. The number of carbonyl (C=O) groups excluding carboxylic acids is 1. The Kier molecular flexibility index (Phi) is 3.34. The van der Waals surface area contributed by atoms with Crippen LogP contribution in [0.25, 0.3) is 5.52 Å². The van der Waals surface area contributed by atoms with Crippen molar-refractivity contribution in [2.24, 2.45) is 5.73 Å². The Morgan fingerprint density at radius 1 is 1.53 bits per heavy atom. The summed E-state index contributed by atoms with van der Waals surface area (Å²) in [5.74, 6) is -0.164. The van der Waals surface area contributed by atoms with Gasteiger partial charge in [0, 0.05) is 19.2 Å². The number of hydrogen-bond acceptors (Lipinski definition) is 3. The Balaban J connectivity index is 2.11. The van der Waals surface area contributed by atoms with Gasteiger partial charge in [-0.05, 0) is 12.1 Å². The molecular formula is C11H12N4OS. The molecule has 5 nitrogen and oxygen atoms in total. The van der Waals surface area contributed by atoms with Gasteiger partial charge in [0.25, 0.3) is 5.91 Å². The number of fused-ring (bicyclic) bond motifs is 1. The van der Waals surface area contributed by atoms with Gasteiger partial charge in [0.05, 0.1) is 22.3 Å². The van der Waals surface area contributed by atoms with Crippen molar-refractivity contribution < 1.29 is 4.79 Å². The van der Waals surface area contributed by atoms with Crippen LogP contribution in [-0.2, 0) is 0 Å². The van der Waals surface area contributed by atoms with Gasteiger partial charge in [-0.1, -0.05) is 18.3 Å². The molecule has 0 saturated carbocycles. The predicted molar refractivity (Wildman–Crippen MR) is 68.9 cm³/mol. The van der Waals surface area contributed by atoms with Crippen LogP contribution in [0.5, 0.6) is 0 Å². The first-order valence-electron chi connectivity index (χ1n) is 5.17. The molecule has 6 heteroatoms. The minimum Gasteiger partial charge on any atom is -0.393 e.